The van der Waals surface area contributed by atoms with Gasteiger partial charge in [-0.15, -0.1) is 10.2 Å². The van der Waals surface area contributed by atoms with Crippen molar-refractivity contribution in [2.24, 2.45) is 0 Å². The van der Waals surface area contributed by atoms with Crippen LogP contribution in [-0.4, -0.2) is 26.1 Å². The Balaban J connectivity index is 1.62. The summed E-state index contributed by atoms with van der Waals surface area (Å²) in [6.07, 6.45) is 0. The van der Waals surface area contributed by atoms with Crippen molar-refractivity contribution in [3.8, 4) is 11.4 Å². The third-order valence-electron chi connectivity index (χ3n) is 3.52. The largest absolute Gasteiger partial charge is 0.348 e. The molecule has 0 saturated carbocycles. The van der Waals surface area contributed by atoms with E-state index in [4.69, 9.17) is 11.6 Å². The predicted octanol–water partition coefficient (Wildman–Crippen LogP) is 2.87. The van der Waals surface area contributed by atoms with E-state index in [0.29, 0.717) is 10.8 Å². The standard InChI is InChI=1S/C17H16ClN5O/c1-12(13-5-3-2-4-6-13)19-16(24)11-23-21-17(20-22-23)14-7-9-15(18)10-8-14/h2-10,12H,11H2,1H3,(H,19,24). The van der Waals surface area contributed by atoms with Crippen molar-refractivity contribution in [1.29, 1.82) is 0 Å². The van der Waals surface area contributed by atoms with E-state index in [-0.39, 0.29) is 18.5 Å². The number of aromatic nitrogens is 4. The van der Waals surface area contributed by atoms with Crippen molar-refractivity contribution in [2.45, 2.75) is 19.5 Å². The number of amides is 1. The molecular formula is C17H16ClN5O. The van der Waals surface area contributed by atoms with Gasteiger partial charge in [0.05, 0.1) is 6.04 Å². The van der Waals surface area contributed by atoms with E-state index >= 15 is 0 Å². The number of hydrogen-bond donors (Lipinski definition) is 1. The first kappa shape index (κ1) is 16.1. The Bertz CT molecular complexity index is 817. The number of nitrogens with zero attached hydrogens (tertiary/aromatic N) is 4. The quantitative estimate of drug-likeness (QED) is 0.774. The molecule has 0 aliphatic carbocycles. The van der Waals surface area contributed by atoms with Crippen molar-refractivity contribution >= 4 is 17.5 Å². The van der Waals surface area contributed by atoms with Gasteiger partial charge in [-0.3, -0.25) is 4.79 Å². The lowest BCUT2D eigenvalue weighted by molar-refractivity contribution is -0.122. The first-order valence-corrected chi connectivity index (χ1v) is 7.87. The molecule has 0 aliphatic heterocycles. The fourth-order valence-corrected chi connectivity index (χ4v) is 2.39. The van der Waals surface area contributed by atoms with Gasteiger partial charge < -0.3 is 5.32 Å². The van der Waals surface area contributed by atoms with E-state index in [1.807, 2.05) is 37.3 Å². The zero-order chi connectivity index (χ0) is 16.9. The summed E-state index contributed by atoms with van der Waals surface area (Å²) in [5, 5.41) is 15.7. The molecule has 6 nitrogen and oxygen atoms in total. The number of hydrogen-bond acceptors (Lipinski definition) is 4. The lowest BCUT2D eigenvalue weighted by atomic mass is 10.1. The van der Waals surface area contributed by atoms with Crippen LogP contribution in [0.3, 0.4) is 0 Å². The highest BCUT2D eigenvalue weighted by Crippen LogP contribution is 2.17. The lowest BCUT2D eigenvalue weighted by Gasteiger charge is -2.13. The Labute approximate surface area is 144 Å². The Morgan fingerprint density at radius 1 is 1.17 bits per heavy atom. The molecule has 1 amide bonds. The zero-order valence-electron chi connectivity index (χ0n) is 13.1. The second-order valence-electron chi connectivity index (χ2n) is 5.35. The van der Waals surface area contributed by atoms with Crippen molar-refractivity contribution in [2.75, 3.05) is 0 Å². The van der Waals surface area contributed by atoms with Gasteiger partial charge in [0.2, 0.25) is 11.7 Å². The van der Waals surface area contributed by atoms with Gasteiger partial charge in [-0.1, -0.05) is 41.9 Å². The maximum absolute atomic E-state index is 12.1. The van der Waals surface area contributed by atoms with Crippen LogP contribution in [0.4, 0.5) is 0 Å². The van der Waals surface area contributed by atoms with Gasteiger partial charge >= 0.3 is 0 Å². The molecule has 0 radical (unpaired) electrons. The molecule has 24 heavy (non-hydrogen) atoms. The van der Waals surface area contributed by atoms with Crippen LogP contribution in [-0.2, 0) is 11.3 Å². The molecule has 7 heteroatoms. The van der Waals surface area contributed by atoms with Gasteiger partial charge in [0.15, 0.2) is 0 Å². The summed E-state index contributed by atoms with van der Waals surface area (Å²) in [5.41, 5.74) is 1.84. The third kappa shape index (κ3) is 3.97. The summed E-state index contributed by atoms with van der Waals surface area (Å²) >= 11 is 5.86. The van der Waals surface area contributed by atoms with Crippen LogP contribution in [0.25, 0.3) is 11.4 Å². The third-order valence-corrected chi connectivity index (χ3v) is 3.77. The monoisotopic (exact) mass is 341 g/mol. The van der Waals surface area contributed by atoms with Crippen LogP contribution >= 0.6 is 11.6 Å². The Morgan fingerprint density at radius 2 is 1.88 bits per heavy atom. The van der Waals surface area contributed by atoms with Crippen LogP contribution in [0.5, 0.6) is 0 Å². The van der Waals surface area contributed by atoms with Crippen molar-refractivity contribution in [3.63, 3.8) is 0 Å². The fraction of sp³-hybridized carbons (Fsp3) is 0.176. The zero-order valence-corrected chi connectivity index (χ0v) is 13.8. The number of tetrazole rings is 1. The molecule has 1 aromatic heterocycles. The first-order chi connectivity index (χ1) is 11.6. The summed E-state index contributed by atoms with van der Waals surface area (Å²) in [6.45, 7) is 1.94. The van der Waals surface area contributed by atoms with Crippen molar-refractivity contribution < 1.29 is 4.79 Å². The molecule has 1 heterocycles. The molecule has 1 atom stereocenters. The van der Waals surface area contributed by atoms with E-state index in [1.165, 1.54) is 4.80 Å². The number of carbonyl (C=O) groups is 1. The molecular weight excluding hydrogens is 326 g/mol. The number of rotatable bonds is 5. The summed E-state index contributed by atoms with van der Waals surface area (Å²) < 4.78 is 0. The van der Waals surface area contributed by atoms with E-state index in [0.717, 1.165) is 11.1 Å². The summed E-state index contributed by atoms with van der Waals surface area (Å²) in [6, 6.07) is 16.8. The van der Waals surface area contributed by atoms with Crippen LogP contribution < -0.4 is 5.32 Å². The fourth-order valence-electron chi connectivity index (χ4n) is 2.27. The topological polar surface area (TPSA) is 72.7 Å². The van der Waals surface area contributed by atoms with Crippen LogP contribution in [0.2, 0.25) is 5.02 Å². The molecule has 0 aliphatic rings. The summed E-state index contributed by atoms with van der Waals surface area (Å²) in [7, 11) is 0. The minimum absolute atomic E-state index is 0.0117. The van der Waals surface area contributed by atoms with E-state index < -0.39 is 0 Å². The minimum atomic E-state index is -0.175. The molecule has 0 fully saturated rings. The Kier molecular flexibility index (Phi) is 4.86. The molecule has 0 bridgehead atoms. The van der Waals surface area contributed by atoms with E-state index in [9.17, 15) is 4.79 Å². The molecule has 1 unspecified atom stereocenters. The maximum atomic E-state index is 12.1. The van der Waals surface area contributed by atoms with Gasteiger partial charge in [-0.05, 0) is 42.0 Å². The number of carbonyl (C=O) groups excluding carboxylic acids is 1. The SMILES string of the molecule is CC(NC(=O)Cn1nnc(-c2ccc(Cl)cc2)n1)c1ccccc1. The number of nitrogens with one attached hydrogen (secondary N) is 1. The van der Waals surface area contributed by atoms with Gasteiger partial charge in [-0.25, -0.2) is 0 Å². The predicted molar refractivity (Wildman–Crippen MR) is 91.3 cm³/mol. The molecule has 0 saturated heterocycles. The van der Waals surface area contributed by atoms with E-state index in [1.54, 1.807) is 24.3 Å². The maximum Gasteiger partial charge on any atom is 0.244 e. The molecule has 0 spiro atoms. The highest BCUT2D eigenvalue weighted by atomic mass is 35.5. The Hall–Kier alpha value is -2.73. The number of benzene rings is 2. The summed E-state index contributed by atoms with van der Waals surface area (Å²) in [4.78, 5) is 13.4. The molecule has 3 aromatic rings. The van der Waals surface area contributed by atoms with Crippen LogP contribution in [0, 0.1) is 0 Å². The number of halogens is 1. The van der Waals surface area contributed by atoms with Gasteiger partial charge in [-0.2, -0.15) is 4.80 Å². The van der Waals surface area contributed by atoms with E-state index in [2.05, 4.69) is 20.7 Å². The lowest BCUT2D eigenvalue weighted by Crippen LogP contribution is -2.30. The average molecular weight is 342 g/mol. The van der Waals surface area contributed by atoms with Gasteiger partial charge in [0.1, 0.15) is 6.54 Å². The van der Waals surface area contributed by atoms with Crippen molar-refractivity contribution in [3.05, 3.63) is 65.2 Å². The highest BCUT2D eigenvalue weighted by molar-refractivity contribution is 6.30. The smallest absolute Gasteiger partial charge is 0.244 e. The normalized spacial score (nSPS) is 11.9. The highest BCUT2D eigenvalue weighted by Gasteiger charge is 2.12. The first-order valence-electron chi connectivity index (χ1n) is 7.50. The van der Waals surface area contributed by atoms with Crippen LogP contribution in [0.15, 0.2) is 54.6 Å². The minimum Gasteiger partial charge on any atom is -0.348 e. The second-order valence-corrected chi connectivity index (χ2v) is 5.79. The molecule has 1 N–H and O–H groups in total. The summed E-state index contributed by atoms with van der Waals surface area (Å²) in [5.74, 6) is 0.280. The second kappa shape index (κ2) is 7.23. The Morgan fingerprint density at radius 3 is 2.58 bits per heavy atom. The van der Waals surface area contributed by atoms with Gasteiger partial charge in [0, 0.05) is 10.6 Å². The average Bonchev–Trinajstić information content (AvgIpc) is 3.04. The molecule has 3 rings (SSSR count). The molecule has 122 valence electrons. The van der Waals surface area contributed by atoms with Gasteiger partial charge in [0.25, 0.3) is 0 Å². The van der Waals surface area contributed by atoms with Crippen molar-refractivity contribution in [1.82, 2.24) is 25.5 Å². The van der Waals surface area contributed by atoms with Crippen LogP contribution in [0.1, 0.15) is 18.5 Å². The molecule has 2 aromatic carbocycles.